The average molecular weight is 296 g/mol. The van der Waals surface area contributed by atoms with Gasteiger partial charge in [0.15, 0.2) is 0 Å². The first-order chi connectivity index (χ1) is 9.36. The summed E-state index contributed by atoms with van der Waals surface area (Å²) < 4.78 is 27.2. The maximum atomic E-state index is 12.8. The molecule has 1 aliphatic rings. The molecule has 0 aromatic heterocycles. The van der Waals surface area contributed by atoms with Crippen LogP contribution in [-0.4, -0.2) is 32.4 Å². The number of sulfonamides is 1. The van der Waals surface area contributed by atoms with Crippen LogP contribution in [-0.2, 0) is 16.6 Å². The third-order valence-corrected chi connectivity index (χ3v) is 6.00. The van der Waals surface area contributed by atoms with Gasteiger partial charge in [0.1, 0.15) is 0 Å². The SMILES string of the molecule is CNCc1cc(S(=O)(=O)N2CC(C)CC2C)ccc1C. The molecule has 20 heavy (non-hydrogen) atoms. The van der Waals surface area contributed by atoms with E-state index in [0.717, 1.165) is 17.5 Å². The minimum absolute atomic E-state index is 0.0871. The number of nitrogens with zero attached hydrogens (tertiary/aromatic N) is 1. The number of aryl methyl sites for hydroxylation is 1. The van der Waals surface area contributed by atoms with E-state index >= 15 is 0 Å². The van der Waals surface area contributed by atoms with Gasteiger partial charge in [0, 0.05) is 19.1 Å². The first-order valence-corrected chi connectivity index (χ1v) is 8.56. The third kappa shape index (κ3) is 2.90. The Kier molecular flexibility index (Phi) is 4.52. The summed E-state index contributed by atoms with van der Waals surface area (Å²) >= 11 is 0. The van der Waals surface area contributed by atoms with Gasteiger partial charge in [-0.15, -0.1) is 0 Å². The van der Waals surface area contributed by atoms with Gasteiger partial charge in [-0.2, -0.15) is 4.31 Å². The lowest BCUT2D eigenvalue weighted by molar-refractivity contribution is 0.405. The van der Waals surface area contributed by atoms with Crippen molar-refractivity contribution in [3.63, 3.8) is 0 Å². The molecule has 2 unspecified atom stereocenters. The largest absolute Gasteiger partial charge is 0.316 e. The topological polar surface area (TPSA) is 49.4 Å². The Morgan fingerprint density at radius 1 is 1.35 bits per heavy atom. The number of benzene rings is 1. The van der Waals surface area contributed by atoms with Crippen LogP contribution in [0.3, 0.4) is 0 Å². The number of hydrogen-bond acceptors (Lipinski definition) is 3. The summed E-state index contributed by atoms with van der Waals surface area (Å²) in [4.78, 5) is 0.411. The highest BCUT2D eigenvalue weighted by Gasteiger charge is 2.36. The first-order valence-electron chi connectivity index (χ1n) is 7.12. The molecule has 1 aliphatic heterocycles. The van der Waals surface area contributed by atoms with Crippen molar-refractivity contribution in [2.45, 2.75) is 44.7 Å². The van der Waals surface area contributed by atoms with Gasteiger partial charge in [0.25, 0.3) is 0 Å². The van der Waals surface area contributed by atoms with Crippen LogP contribution in [0.1, 0.15) is 31.4 Å². The fourth-order valence-electron chi connectivity index (χ4n) is 2.92. The second-order valence-corrected chi connectivity index (χ2v) is 7.77. The fraction of sp³-hybridized carbons (Fsp3) is 0.600. The van der Waals surface area contributed by atoms with Gasteiger partial charge < -0.3 is 5.32 Å². The molecule has 2 rings (SSSR count). The van der Waals surface area contributed by atoms with Crippen LogP contribution in [0.4, 0.5) is 0 Å². The summed E-state index contributed by atoms with van der Waals surface area (Å²) in [7, 11) is -1.51. The lowest BCUT2D eigenvalue weighted by atomic mass is 10.1. The molecule has 0 spiro atoms. The van der Waals surface area contributed by atoms with Crippen LogP contribution in [0.2, 0.25) is 0 Å². The highest BCUT2D eigenvalue weighted by Crippen LogP contribution is 2.29. The fourth-order valence-corrected chi connectivity index (χ4v) is 4.73. The summed E-state index contributed by atoms with van der Waals surface area (Å²) in [6.45, 7) is 7.40. The molecule has 112 valence electrons. The van der Waals surface area contributed by atoms with E-state index in [1.54, 1.807) is 16.4 Å². The standard InChI is InChI=1S/C15H24N2O2S/c1-11-7-13(3)17(10-11)20(18,19)15-6-5-12(2)14(8-15)9-16-4/h5-6,8,11,13,16H,7,9-10H2,1-4H3. The van der Waals surface area contributed by atoms with E-state index in [2.05, 4.69) is 12.2 Å². The Bertz CT molecular complexity index is 584. The molecule has 4 nitrogen and oxygen atoms in total. The minimum atomic E-state index is -3.37. The maximum absolute atomic E-state index is 12.8. The molecule has 1 aromatic rings. The van der Waals surface area contributed by atoms with Gasteiger partial charge in [0.2, 0.25) is 10.0 Å². The molecule has 1 heterocycles. The van der Waals surface area contributed by atoms with E-state index in [9.17, 15) is 8.42 Å². The molecule has 0 radical (unpaired) electrons. The van der Waals surface area contributed by atoms with Crippen molar-refractivity contribution in [2.75, 3.05) is 13.6 Å². The van der Waals surface area contributed by atoms with Gasteiger partial charge in [-0.3, -0.25) is 0 Å². The zero-order valence-corrected chi connectivity index (χ0v) is 13.5. The monoisotopic (exact) mass is 296 g/mol. The Morgan fingerprint density at radius 3 is 2.60 bits per heavy atom. The Labute approximate surface area is 122 Å². The number of hydrogen-bond donors (Lipinski definition) is 1. The minimum Gasteiger partial charge on any atom is -0.316 e. The van der Waals surface area contributed by atoms with Gasteiger partial charge in [0.05, 0.1) is 4.90 Å². The van der Waals surface area contributed by atoms with Crippen molar-refractivity contribution >= 4 is 10.0 Å². The molecule has 2 atom stereocenters. The van der Waals surface area contributed by atoms with Crippen LogP contribution >= 0.6 is 0 Å². The molecule has 0 amide bonds. The van der Waals surface area contributed by atoms with Crippen molar-refractivity contribution in [3.05, 3.63) is 29.3 Å². The molecule has 0 saturated carbocycles. The van der Waals surface area contributed by atoms with E-state index in [0.29, 0.717) is 23.9 Å². The van der Waals surface area contributed by atoms with Crippen molar-refractivity contribution < 1.29 is 8.42 Å². The van der Waals surface area contributed by atoms with E-state index in [4.69, 9.17) is 0 Å². The average Bonchev–Trinajstić information content (AvgIpc) is 2.72. The van der Waals surface area contributed by atoms with E-state index in [-0.39, 0.29) is 6.04 Å². The lowest BCUT2D eigenvalue weighted by Gasteiger charge is -2.21. The summed E-state index contributed by atoms with van der Waals surface area (Å²) in [6, 6.07) is 5.50. The highest BCUT2D eigenvalue weighted by molar-refractivity contribution is 7.89. The van der Waals surface area contributed by atoms with E-state index in [1.165, 1.54) is 0 Å². The van der Waals surface area contributed by atoms with Crippen LogP contribution < -0.4 is 5.32 Å². The molecule has 0 bridgehead atoms. The van der Waals surface area contributed by atoms with Crippen LogP contribution in [0.15, 0.2) is 23.1 Å². The summed E-state index contributed by atoms with van der Waals surface area (Å²) in [5.41, 5.74) is 2.15. The smallest absolute Gasteiger partial charge is 0.243 e. The lowest BCUT2D eigenvalue weighted by Crippen LogP contribution is -2.34. The number of nitrogens with one attached hydrogen (secondary N) is 1. The third-order valence-electron chi connectivity index (χ3n) is 4.02. The normalized spacial score (nSPS) is 24.2. The Balaban J connectivity index is 2.37. The van der Waals surface area contributed by atoms with Crippen molar-refractivity contribution in [1.82, 2.24) is 9.62 Å². The van der Waals surface area contributed by atoms with Gasteiger partial charge in [-0.1, -0.05) is 13.0 Å². The molecular formula is C15H24N2O2S. The molecule has 1 aromatic carbocycles. The van der Waals surface area contributed by atoms with Crippen molar-refractivity contribution in [1.29, 1.82) is 0 Å². The van der Waals surface area contributed by atoms with E-state index < -0.39 is 10.0 Å². The second-order valence-electron chi connectivity index (χ2n) is 5.88. The highest BCUT2D eigenvalue weighted by atomic mass is 32.2. The predicted molar refractivity (Wildman–Crippen MR) is 81.1 cm³/mol. The Hall–Kier alpha value is -0.910. The maximum Gasteiger partial charge on any atom is 0.243 e. The van der Waals surface area contributed by atoms with Crippen molar-refractivity contribution in [3.8, 4) is 0 Å². The zero-order valence-electron chi connectivity index (χ0n) is 12.7. The predicted octanol–water partition coefficient (Wildman–Crippen LogP) is 2.13. The molecule has 1 saturated heterocycles. The summed E-state index contributed by atoms with van der Waals surface area (Å²) in [5, 5.41) is 3.08. The first kappa shape index (κ1) is 15.5. The van der Waals surface area contributed by atoms with Crippen LogP contribution in [0, 0.1) is 12.8 Å². The molecule has 1 N–H and O–H groups in total. The summed E-state index contributed by atoms with van der Waals surface area (Å²) in [5.74, 6) is 0.432. The van der Waals surface area contributed by atoms with E-state index in [1.807, 2.05) is 27.0 Å². The molecule has 0 aliphatic carbocycles. The molecular weight excluding hydrogens is 272 g/mol. The zero-order chi connectivity index (χ0) is 14.9. The van der Waals surface area contributed by atoms with Gasteiger partial charge in [-0.25, -0.2) is 8.42 Å². The summed E-state index contributed by atoms with van der Waals surface area (Å²) in [6.07, 6.45) is 0.939. The van der Waals surface area contributed by atoms with Crippen LogP contribution in [0.5, 0.6) is 0 Å². The molecule has 5 heteroatoms. The molecule has 1 fully saturated rings. The second kappa shape index (κ2) is 5.84. The number of rotatable bonds is 4. The van der Waals surface area contributed by atoms with Crippen LogP contribution in [0.25, 0.3) is 0 Å². The quantitative estimate of drug-likeness (QED) is 0.926. The van der Waals surface area contributed by atoms with Gasteiger partial charge in [-0.05, 0) is 56.5 Å². The van der Waals surface area contributed by atoms with Gasteiger partial charge >= 0.3 is 0 Å². The Morgan fingerprint density at radius 2 is 2.05 bits per heavy atom. The van der Waals surface area contributed by atoms with Crippen molar-refractivity contribution in [2.24, 2.45) is 5.92 Å².